The van der Waals surface area contributed by atoms with Crippen LogP contribution in [0.15, 0.2) is 72.8 Å². The fourth-order valence-electron chi connectivity index (χ4n) is 3.08. The van der Waals surface area contributed by atoms with Crippen molar-refractivity contribution in [2.24, 2.45) is 0 Å². The van der Waals surface area contributed by atoms with Crippen LogP contribution in [0.5, 0.6) is 17.2 Å². The number of ketones is 1. The van der Waals surface area contributed by atoms with E-state index in [0.29, 0.717) is 34.3 Å². The summed E-state index contributed by atoms with van der Waals surface area (Å²) < 4.78 is 15.8. The van der Waals surface area contributed by atoms with Gasteiger partial charge >= 0.3 is 5.97 Å². The molecule has 0 unspecified atom stereocenters. The number of allylic oxidation sites excluding steroid dienone is 1. The summed E-state index contributed by atoms with van der Waals surface area (Å²) in [6, 6.07) is 19.4. The van der Waals surface area contributed by atoms with Crippen molar-refractivity contribution in [3.8, 4) is 17.2 Å². The van der Waals surface area contributed by atoms with Crippen LogP contribution in [0.2, 0.25) is 0 Å². The first-order valence-electron chi connectivity index (χ1n) is 10.3. The molecule has 0 spiro atoms. The molecule has 5 nitrogen and oxygen atoms in total. The van der Waals surface area contributed by atoms with Crippen LogP contribution in [0.4, 0.5) is 0 Å². The third-order valence-corrected chi connectivity index (χ3v) is 5.00. The SMILES string of the molecule is COc1ccc(C(=O)Oc2ccc(C(=O)/C=C/c3ccc(C(C)C)cc3)cc2)cc1OC. The lowest BCUT2D eigenvalue weighted by Crippen LogP contribution is -2.09. The monoisotopic (exact) mass is 430 g/mol. The van der Waals surface area contributed by atoms with Crippen LogP contribution in [0.1, 0.15) is 51.6 Å². The summed E-state index contributed by atoms with van der Waals surface area (Å²) in [4.78, 5) is 24.9. The quantitative estimate of drug-likeness (QED) is 0.191. The maximum Gasteiger partial charge on any atom is 0.343 e. The van der Waals surface area contributed by atoms with Gasteiger partial charge in [-0.15, -0.1) is 0 Å². The lowest BCUT2D eigenvalue weighted by Gasteiger charge is -2.09. The van der Waals surface area contributed by atoms with Crippen LogP contribution < -0.4 is 14.2 Å². The Labute approximate surface area is 188 Å². The van der Waals surface area contributed by atoms with Gasteiger partial charge < -0.3 is 14.2 Å². The van der Waals surface area contributed by atoms with Crippen LogP contribution in [0, 0.1) is 0 Å². The number of methoxy groups -OCH3 is 2. The van der Waals surface area contributed by atoms with E-state index in [0.717, 1.165) is 5.56 Å². The molecule has 0 aliphatic carbocycles. The third kappa shape index (κ3) is 5.64. The van der Waals surface area contributed by atoms with Crippen molar-refractivity contribution in [1.82, 2.24) is 0 Å². The first-order valence-corrected chi connectivity index (χ1v) is 10.3. The van der Waals surface area contributed by atoms with E-state index in [2.05, 4.69) is 26.0 Å². The zero-order valence-corrected chi connectivity index (χ0v) is 18.6. The fraction of sp³-hybridized carbons (Fsp3) is 0.185. The van der Waals surface area contributed by atoms with Gasteiger partial charge in [-0.25, -0.2) is 4.79 Å². The number of rotatable bonds is 8. The molecule has 0 radical (unpaired) electrons. The van der Waals surface area contributed by atoms with Crippen molar-refractivity contribution in [2.75, 3.05) is 14.2 Å². The molecule has 0 heterocycles. The van der Waals surface area contributed by atoms with Crippen LogP contribution in [0.25, 0.3) is 6.08 Å². The van der Waals surface area contributed by atoms with Gasteiger partial charge in [0.05, 0.1) is 19.8 Å². The molecule has 0 atom stereocenters. The summed E-state index contributed by atoms with van der Waals surface area (Å²) in [7, 11) is 3.02. The number of hydrogen-bond donors (Lipinski definition) is 0. The van der Waals surface area contributed by atoms with Crippen molar-refractivity contribution in [1.29, 1.82) is 0 Å². The molecule has 0 aliphatic rings. The van der Waals surface area contributed by atoms with Crippen molar-refractivity contribution >= 4 is 17.8 Å². The maximum absolute atomic E-state index is 12.5. The lowest BCUT2D eigenvalue weighted by molar-refractivity contribution is 0.0734. The molecule has 0 aliphatic heterocycles. The number of carbonyl (C=O) groups excluding carboxylic acids is 2. The number of benzene rings is 3. The van der Waals surface area contributed by atoms with Crippen molar-refractivity contribution < 1.29 is 23.8 Å². The Hall–Kier alpha value is -3.86. The Morgan fingerprint density at radius 3 is 2.00 bits per heavy atom. The summed E-state index contributed by atoms with van der Waals surface area (Å²) in [6.45, 7) is 4.28. The van der Waals surface area contributed by atoms with Gasteiger partial charge in [0.15, 0.2) is 17.3 Å². The molecule has 0 aromatic heterocycles. The van der Waals surface area contributed by atoms with Gasteiger partial charge in [0.25, 0.3) is 0 Å². The highest BCUT2D eigenvalue weighted by Gasteiger charge is 2.13. The van der Waals surface area contributed by atoms with Gasteiger partial charge in [-0.3, -0.25) is 4.79 Å². The lowest BCUT2D eigenvalue weighted by atomic mass is 10.0. The second-order valence-electron chi connectivity index (χ2n) is 7.50. The molecule has 32 heavy (non-hydrogen) atoms. The number of carbonyl (C=O) groups is 2. The second-order valence-corrected chi connectivity index (χ2v) is 7.50. The second kappa shape index (κ2) is 10.4. The number of esters is 1. The zero-order valence-electron chi connectivity index (χ0n) is 18.6. The van der Waals surface area contributed by atoms with Crippen molar-refractivity contribution in [3.63, 3.8) is 0 Å². The smallest absolute Gasteiger partial charge is 0.343 e. The molecule has 0 N–H and O–H groups in total. The minimum atomic E-state index is -0.533. The highest BCUT2D eigenvalue weighted by atomic mass is 16.5. The molecule has 0 saturated heterocycles. The Morgan fingerprint density at radius 1 is 0.781 bits per heavy atom. The standard InChI is InChI=1S/C27H26O5/c1-18(2)20-8-5-19(6-9-20)7-15-24(28)21-10-13-23(14-11-21)32-27(29)22-12-16-25(30-3)26(17-22)31-4/h5-18H,1-4H3/b15-7+. The Balaban J connectivity index is 1.64. The fourth-order valence-corrected chi connectivity index (χ4v) is 3.08. The van der Waals surface area contributed by atoms with Crippen molar-refractivity contribution in [2.45, 2.75) is 19.8 Å². The van der Waals surface area contributed by atoms with Gasteiger partial charge in [-0.1, -0.05) is 44.2 Å². The molecule has 164 valence electrons. The Morgan fingerprint density at radius 2 is 1.41 bits per heavy atom. The molecular formula is C27H26O5. The number of hydrogen-bond acceptors (Lipinski definition) is 5. The average molecular weight is 431 g/mol. The van der Waals surface area contributed by atoms with E-state index in [1.165, 1.54) is 25.9 Å². The minimum Gasteiger partial charge on any atom is -0.493 e. The summed E-state index contributed by atoms with van der Waals surface area (Å²) in [5.41, 5.74) is 3.05. The molecule has 3 aromatic rings. The Kier molecular flexibility index (Phi) is 7.45. The molecule has 0 bridgehead atoms. The predicted molar refractivity (Wildman–Crippen MR) is 125 cm³/mol. The maximum atomic E-state index is 12.5. The largest absolute Gasteiger partial charge is 0.493 e. The average Bonchev–Trinajstić information content (AvgIpc) is 2.82. The summed E-state index contributed by atoms with van der Waals surface area (Å²) in [5, 5.41) is 0. The van der Waals surface area contributed by atoms with Gasteiger partial charge in [-0.05, 0) is 65.6 Å². The predicted octanol–water partition coefficient (Wildman–Crippen LogP) is 5.94. The molecule has 5 heteroatoms. The highest BCUT2D eigenvalue weighted by Crippen LogP contribution is 2.28. The Bertz CT molecular complexity index is 1110. The summed E-state index contributed by atoms with van der Waals surface area (Å²) in [5.74, 6) is 1.11. The van der Waals surface area contributed by atoms with Gasteiger partial charge in [0.1, 0.15) is 5.75 Å². The first kappa shape index (κ1) is 22.8. The highest BCUT2D eigenvalue weighted by molar-refractivity contribution is 6.06. The molecule has 0 fully saturated rings. The van der Waals surface area contributed by atoms with Crippen LogP contribution >= 0.6 is 0 Å². The molecule has 0 amide bonds. The van der Waals surface area contributed by atoms with E-state index in [1.807, 2.05) is 12.1 Å². The van der Waals surface area contributed by atoms with E-state index < -0.39 is 5.97 Å². The van der Waals surface area contributed by atoms with E-state index in [1.54, 1.807) is 48.5 Å². The number of ether oxygens (including phenoxy) is 3. The molecule has 3 rings (SSSR count). The van der Waals surface area contributed by atoms with Crippen LogP contribution in [-0.4, -0.2) is 26.0 Å². The van der Waals surface area contributed by atoms with E-state index in [9.17, 15) is 9.59 Å². The topological polar surface area (TPSA) is 61.8 Å². The first-order chi connectivity index (χ1) is 15.4. The summed E-state index contributed by atoms with van der Waals surface area (Å²) >= 11 is 0. The molecule has 3 aromatic carbocycles. The van der Waals surface area contributed by atoms with Crippen molar-refractivity contribution in [3.05, 3.63) is 95.1 Å². The summed E-state index contributed by atoms with van der Waals surface area (Å²) in [6.07, 6.45) is 3.33. The third-order valence-electron chi connectivity index (χ3n) is 5.00. The normalized spacial score (nSPS) is 10.9. The van der Waals surface area contributed by atoms with E-state index >= 15 is 0 Å². The zero-order chi connectivity index (χ0) is 23.1. The van der Waals surface area contributed by atoms with E-state index in [4.69, 9.17) is 14.2 Å². The van der Waals surface area contributed by atoms with Crippen LogP contribution in [-0.2, 0) is 0 Å². The van der Waals surface area contributed by atoms with Gasteiger partial charge in [0, 0.05) is 5.56 Å². The van der Waals surface area contributed by atoms with E-state index in [-0.39, 0.29) is 5.78 Å². The molecule has 0 saturated carbocycles. The van der Waals surface area contributed by atoms with Crippen LogP contribution in [0.3, 0.4) is 0 Å². The van der Waals surface area contributed by atoms with Gasteiger partial charge in [-0.2, -0.15) is 0 Å². The molecular weight excluding hydrogens is 404 g/mol. The minimum absolute atomic E-state index is 0.129. The van der Waals surface area contributed by atoms with Gasteiger partial charge in [0.2, 0.25) is 0 Å².